The highest BCUT2D eigenvalue weighted by Crippen LogP contribution is 2.15. The normalized spacial score (nSPS) is 11.7. The second-order valence-corrected chi connectivity index (χ2v) is 2.76. The number of rotatable bonds is 7. The summed E-state index contributed by atoms with van der Waals surface area (Å²) in [5.41, 5.74) is 0. The van der Waals surface area contributed by atoms with Crippen molar-refractivity contribution in [2.75, 3.05) is 26.2 Å². The Bertz CT molecular complexity index is 209. The summed E-state index contributed by atoms with van der Waals surface area (Å²) in [6.07, 6.45) is 1.37. The van der Waals surface area contributed by atoms with Crippen molar-refractivity contribution in [1.29, 1.82) is 0 Å². The molecule has 0 saturated carbocycles. The minimum Gasteiger partial charge on any atom is -0.477 e. The highest BCUT2D eigenvalue weighted by Gasteiger charge is 2.40. The largest absolute Gasteiger partial charge is 0.477 e. The quantitative estimate of drug-likeness (QED) is 0.587. The molecule has 0 bridgehead atoms. The van der Waals surface area contributed by atoms with Crippen LogP contribution >= 0.6 is 0 Å². The molecule has 4 nitrogen and oxygen atoms in total. The number of hydrogen-bond acceptors (Lipinski definition) is 3. The molecule has 0 aromatic rings. The van der Waals surface area contributed by atoms with E-state index in [0.29, 0.717) is 0 Å². The van der Waals surface area contributed by atoms with Crippen LogP contribution in [0.1, 0.15) is 0 Å². The van der Waals surface area contributed by atoms with Crippen molar-refractivity contribution >= 4 is 5.97 Å². The van der Waals surface area contributed by atoms with E-state index >= 15 is 0 Å². The van der Waals surface area contributed by atoms with Gasteiger partial charge in [0.2, 0.25) is 0 Å². The molecular weight excluding hydrogens is 196 g/mol. The first-order chi connectivity index (χ1) is 6.44. The number of alkyl halides is 2. The van der Waals surface area contributed by atoms with Gasteiger partial charge in [0.1, 0.15) is 0 Å². The molecule has 0 atom stereocenters. The molecule has 0 unspecified atom stereocenters. The lowest BCUT2D eigenvalue weighted by atomic mass is 10.3. The first kappa shape index (κ1) is 13.0. The number of carboxylic acid groups (broad SMARTS) is 1. The topological polar surface area (TPSA) is 60.8 Å². The smallest absolute Gasteiger partial charge is 0.375 e. The molecule has 2 N–H and O–H groups in total. The van der Waals surface area contributed by atoms with E-state index < -0.39 is 18.4 Å². The molecule has 0 aromatic carbocycles. The van der Waals surface area contributed by atoms with Gasteiger partial charge in [0.25, 0.3) is 0 Å². The van der Waals surface area contributed by atoms with E-state index in [4.69, 9.17) is 10.2 Å². The van der Waals surface area contributed by atoms with Crippen molar-refractivity contribution < 1.29 is 23.8 Å². The van der Waals surface area contributed by atoms with Gasteiger partial charge < -0.3 is 10.2 Å². The van der Waals surface area contributed by atoms with E-state index in [-0.39, 0.29) is 19.7 Å². The zero-order valence-electron chi connectivity index (χ0n) is 7.62. The molecule has 0 amide bonds. The lowest BCUT2D eigenvalue weighted by Gasteiger charge is -2.22. The Balaban J connectivity index is 4.26. The van der Waals surface area contributed by atoms with Crippen LogP contribution in [0.15, 0.2) is 12.7 Å². The molecule has 0 aromatic heterocycles. The molecule has 0 heterocycles. The Morgan fingerprint density at radius 3 is 2.50 bits per heavy atom. The van der Waals surface area contributed by atoms with Crippen LogP contribution in [0.2, 0.25) is 0 Å². The number of aliphatic hydroxyl groups is 1. The van der Waals surface area contributed by atoms with Gasteiger partial charge in [-0.2, -0.15) is 8.78 Å². The lowest BCUT2D eigenvalue weighted by molar-refractivity contribution is -0.167. The fourth-order valence-corrected chi connectivity index (χ4v) is 0.907. The third-order valence-electron chi connectivity index (χ3n) is 1.54. The van der Waals surface area contributed by atoms with Crippen molar-refractivity contribution in [2.24, 2.45) is 0 Å². The molecular formula is C8H13F2NO3. The Morgan fingerprint density at radius 2 is 2.14 bits per heavy atom. The predicted molar refractivity (Wildman–Crippen MR) is 46.3 cm³/mol. The summed E-state index contributed by atoms with van der Waals surface area (Å²) < 4.78 is 25.4. The van der Waals surface area contributed by atoms with Crippen LogP contribution in [0.4, 0.5) is 8.78 Å². The maximum Gasteiger partial charge on any atom is 0.375 e. The highest BCUT2D eigenvalue weighted by atomic mass is 19.3. The van der Waals surface area contributed by atoms with Crippen molar-refractivity contribution in [1.82, 2.24) is 4.90 Å². The number of halogens is 2. The van der Waals surface area contributed by atoms with Gasteiger partial charge in [0, 0.05) is 13.1 Å². The number of aliphatic carboxylic acids is 1. The molecule has 0 aliphatic rings. The van der Waals surface area contributed by atoms with Gasteiger partial charge in [0.15, 0.2) is 0 Å². The molecule has 0 aliphatic carbocycles. The third-order valence-corrected chi connectivity index (χ3v) is 1.54. The molecule has 0 radical (unpaired) electrons. The van der Waals surface area contributed by atoms with Gasteiger partial charge in [-0.15, -0.1) is 6.58 Å². The Labute approximate surface area is 80.4 Å². The summed E-state index contributed by atoms with van der Waals surface area (Å²) in [6.45, 7) is 2.23. The molecule has 6 heteroatoms. The number of carbonyl (C=O) groups is 1. The number of aliphatic hydroxyl groups excluding tert-OH is 1. The first-order valence-electron chi connectivity index (χ1n) is 3.99. The number of hydrogen-bond donors (Lipinski definition) is 2. The monoisotopic (exact) mass is 209 g/mol. The van der Waals surface area contributed by atoms with Gasteiger partial charge in [-0.25, -0.2) is 4.79 Å². The summed E-state index contributed by atoms with van der Waals surface area (Å²) in [7, 11) is 0. The highest BCUT2D eigenvalue weighted by molar-refractivity contribution is 5.75. The summed E-state index contributed by atoms with van der Waals surface area (Å²) in [5, 5.41) is 16.7. The molecule has 0 fully saturated rings. The van der Waals surface area contributed by atoms with Crippen LogP contribution in [0.25, 0.3) is 0 Å². The maximum atomic E-state index is 12.7. The molecule has 0 spiro atoms. The van der Waals surface area contributed by atoms with Gasteiger partial charge >= 0.3 is 11.9 Å². The Hall–Kier alpha value is -1.01. The second kappa shape index (κ2) is 5.66. The van der Waals surface area contributed by atoms with Crippen molar-refractivity contribution in [3.05, 3.63) is 12.7 Å². The average molecular weight is 209 g/mol. The summed E-state index contributed by atoms with van der Waals surface area (Å²) in [4.78, 5) is 11.2. The number of carboxylic acids is 1. The van der Waals surface area contributed by atoms with Gasteiger partial charge in [0.05, 0.1) is 13.2 Å². The van der Waals surface area contributed by atoms with Gasteiger partial charge in [-0.1, -0.05) is 6.08 Å². The van der Waals surface area contributed by atoms with E-state index in [1.165, 1.54) is 6.08 Å². The van der Waals surface area contributed by atoms with Crippen LogP contribution in [0, 0.1) is 0 Å². The predicted octanol–water partition coefficient (Wildman–Crippen LogP) is 0.187. The standard InChI is InChI=1S/C8H13F2NO3/c1-2-3-11(4-5-12)6-8(9,10)7(13)14/h2,12H,1,3-6H2,(H,13,14). The summed E-state index contributed by atoms with van der Waals surface area (Å²) in [5.74, 6) is -5.96. The molecule has 0 aliphatic heterocycles. The van der Waals surface area contributed by atoms with Crippen LogP contribution < -0.4 is 0 Å². The molecule has 82 valence electrons. The maximum absolute atomic E-state index is 12.7. The van der Waals surface area contributed by atoms with Crippen molar-refractivity contribution in [3.63, 3.8) is 0 Å². The fraction of sp³-hybridized carbons (Fsp3) is 0.625. The van der Waals surface area contributed by atoms with E-state index in [0.717, 1.165) is 4.90 Å². The summed E-state index contributed by atoms with van der Waals surface area (Å²) >= 11 is 0. The van der Waals surface area contributed by atoms with Gasteiger partial charge in [-0.05, 0) is 0 Å². The minimum atomic E-state index is -3.79. The SMILES string of the molecule is C=CCN(CCO)CC(F)(F)C(=O)O. The second-order valence-electron chi connectivity index (χ2n) is 2.76. The lowest BCUT2D eigenvalue weighted by Crippen LogP contribution is -2.43. The Kier molecular flexibility index (Phi) is 5.26. The summed E-state index contributed by atoms with van der Waals surface area (Å²) in [6, 6.07) is 0. The van der Waals surface area contributed by atoms with Crippen LogP contribution in [-0.4, -0.2) is 53.2 Å². The minimum absolute atomic E-state index is 0.00507. The van der Waals surface area contributed by atoms with E-state index in [2.05, 4.69) is 6.58 Å². The van der Waals surface area contributed by atoms with Crippen molar-refractivity contribution in [2.45, 2.75) is 5.92 Å². The Morgan fingerprint density at radius 1 is 1.57 bits per heavy atom. The number of nitrogens with zero attached hydrogens (tertiary/aromatic N) is 1. The third kappa shape index (κ3) is 4.29. The molecule has 0 saturated heterocycles. The average Bonchev–Trinajstić information content (AvgIpc) is 2.04. The van der Waals surface area contributed by atoms with E-state index in [1.807, 2.05) is 0 Å². The fourth-order valence-electron chi connectivity index (χ4n) is 0.907. The van der Waals surface area contributed by atoms with Gasteiger partial charge in [-0.3, -0.25) is 4.90 Å². The van der Waals surface area contributed by atoms with Crippen LogP contribution in [0.5, 0.6) is 0 Å². The molecule has 14 heavy (non-hydrogen) atoms. The zero-order valence-corrected chi connectivity index (χ0v) is 7.62. The molecule has 0 rings (SSSR count). The zero-order chi connectivity index (χ0) is 11.2. The van der Waals surface area contributed by atoms with Crippen LogP contribution in [-0.2, 0) is 4.79 Å². The van der Waals surface area contributed by atoms with Crippen molar-refractivity contribution in [3.8, 4) is 0 Å². The van der Waals surface area contributed by atoms with Crippen LogP contribution in [0.3, 0.4) is 0 Å². The first-order valence-corrected chi connectivity index (χ1v) is 3.99. The van der Waals surface area contributed by atoms with E-state index in [9.17, 15) is 13.6 Å². The van der Waals surface area contributed by atoms with E-state index in [1.54, 1.807) is 0 Å².